The average molecular weight is 653 g/mol. The van der Waals surface area contributed by atoms with Crippen molar-refractivity contribution in [1.82, 2.24) is 14.8 Å². The largest absolute Gasteiger partial charge is 0.355 e. The van der Waals surface area contributed by atoms with Crippen molar-refractivity contribution in [3.8, 4) is 11.3 Å². The molecule has 4 aromatic carbocycles. The number of amides is 3. The molecular formula is C41H40N4O4. The van der Waals surface area contributed by atoms with E-state index < -0.39 is 6.04 Å². The Hall–Kier alpha value is -5.50. The first kappa shape index (κ1) is 32.1. The number of aromatic nitrogens is 1. The summed E-state index contributed by atoms with van der Waals surface area (Å²) in [5, 5.41) is 4.01. The van der Waals surface area contributed by atoms with Crippen molar-refractivity contribution in [2.45, 2.75) is 57.0 Å². The Bertz CT molecular complexity index is 1970. The zero-order valence-corrected chi connectivity index (χ0v) is 27.4. The molecule has 0 radical (unpaired) electrons. The highest BCUT2D eigenvalue weighted by atomic mass is 16.2. The van der Waals surface area contributed by atoms with E-state index >= 15 is 0 Å². The van der Waals surface area contributed by atoms with E-state index in [0.29, 0.717) is 38.0 Å². The number of nitrogens with zero attached hydrogens (tertiary/aromatic N) is 2. The molecule has 5 aromatic rings. The Morgan fingerprint density at radius 2 is 1.22 bits per heavy atom. The molecule has 248 valence electrons. The predicted octanol–water partition coefficient (Wildman–Crippen LogP) is 6.35. The minimum Gasteiger partial charge on any atom is -0.355 e. The van der Waals surface area contributed by atoms with Crippen molar-refractivity contribution < 1.29 is 19.2 Å². The predicted molar refractivity (Wildman–Crippen MR) is 191 cm³/mol. The number of anilines is 1. The Labute approximate surface area is 286 Å². The number of ketones is 1. The highest BCUT2D eigenvalue weighted by Crippen LogP contribution is 2.28. The molecule has 0 aliphatic carbocycles. The van der Waals surface area contributed by atoms with E-state index in [2.05, 4.69) is 16.4 Å². The second kappa shape index (κ2) is 14.3. The van der Waals surface area contributed by atoms with Gasteiger partial charge in [-0.15, -0.1) is 0 Å². The number of H-pyrrole nitrogens is 1. The Balaban J connectivity index is 0.967. The molecule has 0 unspecified atom stereocenters. The molecule has 7 rings (SSSR count). The first-order valence-corrected chi connectivity index (χ1v) is 17.1. The van der Waals surface area contributed by atoms with E-state index in [-0.39, 0.29) is 42.4 Å². The fraction of sp³-hybridized carbons (Fsp3) is 0.268. The van der Waals surface area contributed by atoms with Gasteiger partial charge in [0.1, 0.15) is 6.04 Å². The normalized spacial score (nSPS) is 17.4. The van der Waals surface area contributed by atoms with Gasteiger partial charge in [0, 0.05) is 41.8 Å². The van der Waals surface area contributed by atoms with Crippen LogP contribution < -0.4 is 5.32 Å². The quantitative estimate of drug-likeness (QED) is 0.184. The summed E-state index contributed by atoms with van der Waals surface area (Å²) in [5.74, 6) is -0.110. The maximum atomic E-state index is 13.4. The summed E-state index contributed by atoms with van der Waals surface area (Å²) in [6.45, 7) is 1.21. The van der Waals surface area contributed by atoms with Gasteiger partial charge in [0.05, 0.1) is 18.9 Å². The molecule has 0 saturated carbocycles. The number of hydrogen-bond donors (Lipinski definition) is 2. The molecule has 3 heterocycles. The van der Waals surface area contributed by atoms with Crippen molar-refractivity contribution in [3.63, 3.8) is 0 Å². The van der Waals surface area contributed by atoms with E-state index in [1.54, 1.807) is 9.80 Å². The van der Waals surface area contributed by atoms with Crippen LogP contribution in [0.5, 0.6) is 0 Å². The molecule has 2 aliphatic rings. The third kappa shape index (κ3) is 7.33. The van der Waals surface area contributed by atoms with Crippen LogP contribution in [0, 0.1) is 0 Å². The zero-order valence-electron chi connectivity index (χ0n) is 27.4. The fourth-order valence-electron chi connectivity index (χ4n) is 7.21. The van der Waals surface area contributed by atoms with Gasteiger partial charge in [-0.3, -0.25) is 19.2 Å². The van der Waals surface area contributed by atoms with Crippen molar-refractivity contribution in [1.29, 1.82) is 0 Å². The number of benzene rings is 4. The SMILES string of the molecule is O=C(Cc1ccc2[nH]c(-c3ccc(NC(=O)[C@@H]4CCCN4C(=O)Cc4ccccc4)cc3)cc2c1)[C@@H]1CCCN1C(=O)Cc1ccccc1. The van der Waals surface area contributed by atoms with Gasteiger partial charge >= 0.3 is 0 Å². The average Bonchev–Trinajstić information content (AvgIpc) is 3.90. The molecule has 3 amide bonds. The van der Waals surface area contributed by atoms with Crippen LogP contribution in [-0.2, 0) is 38.4 Å². The van der Waals surface area contributed by atoms with Crippen LogP contribution in [0.1, 0.15) is 42.4 Å². The second-order valence-electron chi connectivity index (χ2n) is 13.1. The molecule has 2 atom stereocenters. The van der Waals surface area contributed by atoms with E-state index in [1.165, 1.54) is 0 Å². The summed E-state index contributed by atoms with van der Waals surface area (Å²) < 4.78 is 0. The number of nitrogens with one attached hydrogen (secondary N) is 2. The molecule has 2 fully saturated rings. The second-order valence-corrected chi connectivity index (χ2v) is 13.1. The molecule has 8 heteroatoms. The minimum absolute atomic E-state index is 0.00723. The van der Waals surface area contributed by atoms with E-state index in [1.807, 2.05) is 103 Å². The molecule has 0 bridgehead atoms. The summed E-state index contributed by atoms with van der Waals surface area (Å²) >= 11 is 0. The summed E-state index contributed by atoms with van der Waals surface area (Å²) in [7, 11) is 0. The molecule has 1 aromatic heterocycles. The lowest BCUT2D eigenvalue weighted by Crippen LogP contribution is -2.43. The third-order valence-corrected chi connectivity index (χ3v) is 9.74. The molecule has 2 saturated heterocycles. The number of rotatable bonds is 10. The molecule has 2 aliphatic heterocycles. The minimum atomic E-state index is -0.475. The van der Waals surface area contributed by atoms with Gasteiger partial charge in [0.15, 0.2) is 5.78 Å². The maximum absolute atomic E-state index is 13.4. The fourth-order valence-corrected chi connectivity index (χ4v) is 7.21. The van der Waals surface area contributed by atoms with Crippen LogP contribution >= 0.6 is 0 Å². The van der Waals surface area contributed by atoms with Crippen molar-refractivity contribution in [2.24, 2.45) is 0 Å². The third-order valence-electron chi connectivity index (χ3n) is 9.74. The topological polar surface area (TPSA) is 103 Å². The van der Waals surface area contributed by atoms with Crippen LogP contribution in [0.2, 0.25) is 0 Å². The molecule has 8 nitrogen and oxygen atoms in total. The van der Waals surface area contributed by atoms with Crippen molar-refractivity contribution in [2.75, 3.05) is 18.4 Å². The van der Waals surface area contributed by atoms with E-state index in [0.717, 1.165) is 51.7 Å². The summed E-state index contributed by atoms with van der Waals surface area (Å²) in [6, 6.07) is 34.2. The van der Waals surface area contributed by atoms with Gasteiger partial charge in [-0.2, -0.15) is 0 Å². The smallest absolute Gasteiger partial charge is 0.247 e. The Morgan fingerprint density at radius 3 is 1.86 bits per heavy atom. The summed E-state index contributed by atoms with van der Waals surface area (Å²) in [4.78, 5) is 59.6. The van der Waals surface area contributed by atoms with Gasteiger partial charge in [0.2, 0.25) is 17.7 Å². The lowest BCUT2D eigenvalue weighted by atomic mass is 10.0. The first-order chi connectivity index (χ1) is 23.9. The Morgan fingerprint density at radius 1 is 0.633 bits per heavy atom. The highest BCUT2D eigenvalue weighted by Gasteiger charge is 2.35. The van der Waals surface area contributed by atoms with Crippen LogP contribution in [0.3, 0.4) is 0 Å². The van der Waals surface area contributed by atoms with Gasteiger partial charge in [-0.25, -0.2) is 0 Å². The van der Waals surface area contributed by atoms with Crippen molar-refractivity contribution in [3.05, 3.63) is 126 Å². The number of fused-ring (bicyclic) bond motifs is 1. The molecule has 2 N–H and O–H groups in total. The van der Waals surface area contributed by atoms with E-state index in [4.69, 9.17) is 0 Å². The maximum Gasteiger partial charge on any atom is 0.247 e. The van der Waals surface area contributed by atoms with Gasteiger partial charge in [0.25, 0.3) is 0 Å². The van der Waals surface area contributed by atoms with Crippen LogP contribution in [-0.4, -0.2) is 63.5 Å². The molecule has 0 spiro atoms. The number of likely N-dealkylation sites (tertiary alicyclic amines) is 2. The van der Waals surface area contributed by atoms with Gasteiger partial charge in [-0.1, -0.05) is 78.9 Å². The number of carbonyl (C=O) groups excluding carboxylic acids is 4. The van der Waals surface area contributed by atoms with Crippen molar-refractivity contribution >= 4 is 40.1 Å². The highest BCUT2D eigenvalue weighted by molar-refractivity contribution is 5.98. The van der Waals surface area contributed by atoms with E-state index in [9.17, 15) is 19.2 Å². The van der Waals surface area contributed by atoms with Crippen LogP contribution in [0.4, 0.5) is 5.69 Å². The molecule has 49 heavy (non-hydrogen) atoms. The summed E-state index contributed by atoms with van der Waals surface area (Å²) in [6.07, 6.45) is 3.88. The monoisotopic (exact) mass is 652 g/mol. The van der Waals surface area contributed by atoms with Crippen LogP contribution in [0.25, 0.3) is 22.2 Å². The van der Waals surface area contributed by atoms with Crippen LogP contribution in [0.15, 0.2) is 109 Å². The number of aromatic amines is 1. The van der Waals surface area contributed by atoms with Gasteiger partial charge in [-0.05, 0) is 78.3 Å². The standard InChI is InChI=1S/C41H40N4O4/c46-38(36-13-7-21-44(36)39(47)25-28-9-3-1-4-10-28)24-30-15-20-34-32(23-30)27-35(43-34)31-16-18-33(19-17-31)42-41(49)37-14-8-22-45(37)40(48)26-29-11-5-2-6-12-29/h1-6,9-12,15-20,23,27,36-37,43H,7-8,13-14,21-22,24-26H2,(H,42,49)/t36-,37-/m0/s1. The lowest BCUT2D eigenvalue weighted by molar-refractivity contribution is -0.136. The number of hydrogen-bond acceptors (Lipinski definition) is 4. The zero-order chi connectivity index (χ0) is 33.7. The number of Topliss-reactive ketones (excluding diaryl/α,β-unsaturated/α-hetero) is 1. The molecular weight excluding hydrogens is 612 g/mol. The first-order valence-electron chi connectivity index (χ1n) is 17.1. The summed E-state index contributed by atoms with van der Waals surface area (Å²) in [5.41, 5.74) is 6.36. The lowest BCUT2D eigenvalue weighted by Gasteiger charge is -2.24. The van der Waals surface area contributed by atoms with Gasteiger partial charge < -0.3 is 20.1 Å². The number of carbonyl (C=O) groups is 4. The Kier molecular flexibility index (Phi) is 9.37.